The van der Waals surface area contributed by atoms with Crippen LogP contribution in [0.3, 0.4) is 0 Å². The number of hydrogen-bond acceptors (Lipinski definition) is 3. The lowest BCUT2D eigenvalue weighted by molar-refractivity contribution is 0.0498. The number of benzene rings is 1. The molecule has 0 saturated carbocycles. The molecule has 0 radical (unpaired) electrons. The molecular weight excluding hydrogens is 228 g/mol. The maximum Gasteiger partial charge on any atom is 0.341 e. The quantitative estimate of drug-likeness (QED) is 0.724. The second kappa shape index (κ2) is 7.04. The van der Waals surface area contributed by atoms with Crippen molar-refractivity contribution in [3.63, 3.8) is 0 Å². The molecule has 0 amide bonds. The summed E-state index contributed by atoms with van der Waals surface area (Å²) in [5.41, 5.74) is 1.56. The first-order chi connectivity index (χ1) is 8.60. The summed E-state index contributed by atoms with van der Waals surface area (Å²) >= 11 is 0. The molecule has 3 nitrogen and oxygen atoms in total. The second-order valence-electron chi connectivity index (χ2n) is 4.45. The Morgan fingerprint density at radius 3 is 2.56 bits per heavy atom. The average Bonchev–Trinajstić information content (AvgIpc) is 2.35. The summed E-state index contributed by atoms with van der Waals surface area (Å²) in [6.07, 6.45) is 1.69. The summed E-state index contributed by atoms with van der Waals surface area (Å²) in [6.45, 7) is 8.36. The number of para-hydroxylation sites is 1. The van der Waals surface area contributed by atoms with Gasteiger partial charge in [0, 0.05) is 0 Å². The van der Waals surface area contributed by atoms with Crippen LogP contribution in [0.25, 0.3) is 0 Å². The van der Waals surface area contributed by atoms with Gasteiger partial charge in [-0.3, -0.25) is 0 Å². The van der Waals surface area contributed by atoms with E-state index in [1.807, 2.05) is 39.8 Å². The topological polar surface area (TPSA) is 35.5 Å². The van der Waals surface area contributed by atoms with Gasteiger partial charge in [-0.15, -0.1) is 0 Å². The number of rotatable bonds is 6. The summed E-state index contributed by atoms with van der Waals surface area (Å²) < 4.78 is 10.9. The SMILES string of the molecule is CCCOC(=O)c1cccc(CC)c1OC(C)C. The molecule has 0 N–H and O–H groups in total. The van der Waals surface area contributed by atoms with Crippen LogP contribution in [0, 0.1) is 0 Å². The molecule has 0 aliphatic heterocycles. The molecule has 0 unspecified atom stereocenters. The third-order valence-electron chi connectivity index (χ3n) is 2.49. The molecule has 3 heteroatoms. The van der Waals surface area contributed by atoms with E-state index in [0.717, 1.165) is 18.4 Å². The van der Waals surface area contributed by atoms with Crippen molar-refractivity contribution >= 4 is 5.97 Å². The Hall–Kier alpha value is -1.51. The zero-order valence-corrected chi connectivity index (χ0v) is 11.7. The van der Waals surface area contributed by atoms with Crippen molar-refractivity contribution < 1.29 is 14.3 Å². The van der Waals surface area contributed by atoms with Crippen LogP contribution in [0.2, 0.25) is 0 Å². The lowest BCUT2D eigenvalue weighted by Gasteiger charge is -2.17. The Kier molecular flexibility index (Phi) is 5.69. The highest BCUT2D eigenvalue weighted by atomic mass is 16.5. The first kappa shape index (κ1) is 14.6. The number of ether oxygens (including phenoxy) is 2. The van der Waals surface area contributed by atoms with Gasteiger partial charge in [0.1, 0.15) is 11.3 Å². The molecular formula is C15H22O3. The van der Waals surface area contributed by atoms with E-state index in [1.165, 1.54) is 0 Å². The molecule has 0 heterocycles. The molecule has 0 atom stereocenters. The molecule has 0 aliphatic rings. The molecule has 100 valence electrons. The molecule has 1 aromatic carbocycles. The number of esters is 1. The fourth-order valence-corrected chi connectivity index (χ4v) is 1.67. The first-order valence-corrected chi connectivity index (χ1v) is 6.55. The zero-order chi connectivity index (χ0) is 13.5. The molecule has 0 aliphatic carbocycles. The van der Waals surface area contributed by atoms with Gasteiger partial charge in [-0.05, 0) is 38.3 Å². The van der Waals surface area contributed by atoms with Crippen molar-refractivity contribution in [3.8, 4) is 5.75 Å². The minimum absolute atomic E-state index is 0.0374. The van der Waals surface area contributed by atoms with Gasteiger partial charge in [0.25, 0.3) is 0 Å². The predicted octanol–water partition coefficient (Wildman–Crippen LogP) is 3.60. The normalized spacial score (nSPS) is 10.5. The minimum Gasteiger partial charge on any atom is -0.490 e. The lowest BCUT2D eigenvalue weighted by Crippen LogP contribution is -2.14. The Bertz CT molecular complexity index is 397. The Morgan fingerprint density at radius 2 is 2.00 bits per heavy atom. The van der Waals surface area contributed by atoms with Crippen LogP contribution in [-0.2, 0) is 11.2 Å². The largest absolute Gasteiger partial charge is 0.490 e. The fourth-order valence-electron chi connectivity index (χ4n) is 1.67. The van der Waals surface area contributed by atoms with E-state index in [9.17, 15) is 4.79 Å². The van der Waals surface area contributed by atoms with Gasteiger partial charge >= 0.3 is 5.97 Å². The van der Waals surface area contributed by atoms with Gasteiger partial charge in [-0.2, -0.15) is 0 Å². The summed E-state index contributed by atoms with van der Waals surface area (Å²) in [7, 11) is 0. The van der Waals surface area contributed by atoms with E-state index in [2.05, 4.69) is 0 Å². The second-order valence-corrected chi connectivity index (χ2v) is 4.45. The van der Waals surface area contributed by atoms with Gasteiger partial charge in [-0.1, -0.05) is 26.0 Å². The highest BCUT2D eigenvalue weighted by Crippen LogP contribution is 2.26. The van der Waals surface area contributed by atoms with Crippen molar-refractivity contribution in [1.82, 2.24) is 0 Å². The smallest absolute Gasteiger partial charge is 0.341 e. The summed E-state index contributed by atoms with van der Waals surface area (Å²) in [4.78, 5) is 12.0. The molecule has 0 bridgehead atoms. The van der Waals surface area contributed by atoms with Crippen LogP contribution < -0.4 is 4.74 Å². The lowest BCUT2D eigenvalue weighted by atomic mass is 10.1. The Morgan fingerprint density at radius 1 is 1.28 bits per heavy atom. The summed E-state index contributed by atoms with van der Waals surface area (Å²) in [5, 5.41) is 0. The van der Waals surface area contributed by atoms with Crippen molar-refractivity contribution in [1.29, 1.82) is 0 Å². The summed E-state index contributed by atoms with van der Waals surface area (Å²) in [5.74, 6) is 0.360. The number of carbonyl (C=O) groups is 1. The van der Waals surface area contributed by atoms with E-state index < -0.39 is 0 Å². The van der Waals surface area contributed by atoms with Crippen LogP contribution in [0.15, 0.2) is 18.2 Å². The van der Waals surface area contributed by atoms with Crippen molar-refractivity contribution in [2.45, 2.75) is 46.6 Å². The number of carbonyl (C=O) groups excluding carboxylic acids is 1. The van der Waals surface area contributed by atoms with Gasteiger partial charge in [0.15, 0.2) is 0 Å². The molecule has 1 rings (SSSR count). The van der Waals surface area contributed by atoms with Crippen molar-refractivity contribution in [2.75, 3.05) is 6.61 Å². The predicted molar refractivity (Wildman–Crippen MR) is 72.2 cm³/mol. The Balaban J connectivity index is 3.05. The van der Waals surface area contributed by atoms with E-state index in [1.54, 1.807) is 6.07 Å². The first-order valence-electron chi connectivity index (χ1n) is 6.55. The highest BCUT2D eigenvalue weighted by Gasteiger charge is 2.17. The van der Waals surface area contributed by atoms with E-state index in [0.29, 0.717) is 17.9 Å². The maximum absolute atomic E-state index is 12.0. The monoisotopic (exact) mass is 250 g/mol. The minimum atomic E-state index is -0.303. The molecule has 18 heavy (non-hydrogen) atoms. The average molecular weight is 250 g/mol. The van der Waals surface area contributed by atoms with Crippen LogP contribution in [0.5, 0.6) is 5.75 Å². The maximum atomic E-state index is 12.0. The van der Waals surface area contributed by atoms with Crippen LogP contribution in [0.1, 0.15) is 50.0 Å². The van der Waals surface area contributed by atoms with Gasteiger partial charge < -0.3 is 9.47 Å². The van der Waals surface area contributed by atoms with E-state index in [4.69, 9.17) is 9.47 Å². The van der Waals surface area contributed by atoms with Crippen molar-refractivity contribution in [3.05, 3.63) is 29.3 Å². The van der Waals surface area contributed by atoms with E-state index in [-0.39, 0.29) is 12.1 Å². The molecule has 1 aromatic rings. The molecule has 0 saturated heterocycles. The van der Waals surface area contributed by atoms with Gasteiger partial charge in [-0.25, -0.2) is 4.79 Å². The van der Waals surface area contributed by atoms with Gasteiger partial charge in [0.05, 0.1) is 12.7 Å². The Labute approximate surface area is 109 Å². The number of hydrogen-bond donors (Lipinski definition) is 0. The van der Waals surface area contributed by atoms with Crippen LogP contribution in [0.4, 0.5) is 0 Å². The van der Waals surface area contributed by atoms with Crippen LogP contribution >= 0.6 is 0 Å². The fraction of sp³-hybridized carbons (Fsp3) is 0.533. The molecule has 0 aromatic heterocycles. The number of aryl methyl sites for hydroxylation is 1. The van der Waals surface area contributed by atoms with E-state index >= 15 is 0 Å². The highest BCUT2D eigenvalue weighted by molar-refractivity contribution is 5.93. The standard InChI is InChI=1S/C15H22O3/c1-5-10-17-15(16)13-9-7-8-12(6-2)14(13)18-11(3)4/h7-9,11H,5-6,10H2,1-4H3. The zero-order valence-electron chi connectivity index (χ0n) is 11.7. The summed E-state index contributed by atoms with van der Waals surface area (Å²) in [6, 6.07) is 5.61. The third kappa shape index (κ3) is 3.76. The van der Waals surface area contributed by atoms with Crippen molar-refractivity contribution in [2.24, 2.45) is 0 Å². The third-order valence-corrected chi connectivity index (χ3v) is 2.49. The van der Waals surface area contributed by atoms with Crippen LogP contribution in [-0.4, -0.2) is 18.7 Å². The molecule has 0 fully saturated rings. The van der Waals surface area contributed by atoms with Gasteiger partial charge in [0.2, 0.25) is 0 Å². The molecule has 0 spiro atoms.